The number of benzene rings is 2. The molecule has 0 unspecified atom stereocenters. The van der Waals surface area contributed by atoms with Gasteiger partial charge in [0.15, 0.2) is 11.5 Å². The molecule has 0 atom stereocenters. The molecule has 2 aromatic carbocycles. The van der Waals surface area contributed by atoms with Crippen molar-refractivity contribution in [3.05, 3.63) is 57.6 Å². The third-order valence-electron chi connectivity index (χ3n) is 4.29. The first-order valence-corrected chi connectivity index (χ1v) is 12.5. The minimum absolute atomic E-state index is 0.0450. The molecule has 0 saturated heterocycles. The number of Topliss-reactive ketones (excluding diaryl/α,β-unsaturated/α-hetero) is 1. The van der Waals surface area contributed by atoms with Crippen LogP contribution in [-0.4, -0.2) is 39.4 Å². The molecule has 0 aliphatic heterocycles. The van der Waals surface area contributed by atoms with Gasteiger partial charge in [-0.25, -0.2) is 8.42 Å². The maximum atomic E-state index is 11.7. The topological polar surface area (TPSA) is 69.7 Å². The molecule has 0 aliphatic carbocycles. The van der Waals surface area contributed by atoms with Crippen molar-refractivity contribution in [2.24, 2.45) is 0 Å². The van der Waals surface area contributed by atoms with Crippen LogP contribution in [0, 0.1) is 0 Å². The van der Waals surface area contributed by atoms with Crippen molar-refractivity contribution in [2.45, 2.75) is 32.6 Å². The Morgan fingerprint density at radius 3 is 2.20 bits per heavy atom. The quantitative estimate of drug-likeness (QED) is 0.399. The van der Waals surface area contributed by atoms with Crippen LogP contribution < -0.4 is 9.47 Å². The van der Waals surface area contributed by atoms with Gasteiger partial charge in [0.05, 0.1) is 22.4 Å². The predicted molar refractivity (Wildman–Crippen MR) is 121 cm³/mol. The molecule has 0 radical (unpaired) electrons. The van der Waals surface area contributed by atoms with Gasteiger partial charge in [-0.05, 0) is 48.2 Å². The van der Waals surface area contributed by atoms with Crippen LogP contribution in [0.4, 0.5) is 0 Å². The molecule has 2 rings (SSSR count). The predicted octanol–water partition coefficient (Wildman–Crippen LogP) is 5.15. The van der Waals surface area contributed by atoms with Gasteiger partial charge in [0, 0.05) is 12.7 Å². The van der Waals surface area contributed by atoms with E-state index in [0.717, 1.165) is 30.2 Å². The summed E-state index contributed by atoms with van der Waals surface area (Å²) in [6.07, 6.45) is 3.65. The summed E-state index contributed by atoms with van der Waals surface area (Å²) in [6.45, 7) is 2.51. The van der Waals surface area contributed by atoms with E-state index < -0.39 is 9.84 Å². The van der Waals surface area contributed by atoms with Crippen LogP contribution in [0.25, 0.3) is 0 Å². The van der Waals surface area contributed by atoms with Crippen LogP contribution in [-0.2, 0) is 21.1 Å². The maximum absolute atomic E-state index is 11.7. The highest BCUT2D eigenvalue weighted by molar-refractivity contribution is 7.90. The van der Waals surface area contributed by atoms with E-state index in [1.54, 1.807) is 12.1 Å². The number of sulfone groups is 1. The Bertz CT molecular complexity index is 933. The van der Waals surface area contributed by atoms with Crippen molar-refractivity contribution >= 4 is 38.8 Å². The lowest BCUT2D eigenvalue weighted by Crippen LogP contribution is -2.15. The summed E-state index contributed by atoms with van der Waals surface area (Å²) in [4.78, 5) is 11.7. The Kier molecular flexibility index (Phi) is 9.46. The van der Waals surface area contributed by atoms with Crippen LogP contribution in [0.2, 0.25) is 10.0 Å². The Morgan fingerprint density at radius 2 is 1.63 bits per heavy atom. The highest BCUT2D eigenvalue weighted by Gasteiger charge is 2.11. The first kappa shape index (κ1) is 24.5. The van der Waals surface area contributed by atoms with E-state index in [4.69, 9.17) is 32.7 Å². The average Bonchev–Trinajstić information content (AvgIpc) is 2.67. The molecule has 0 aromatic heterocycles. The van der Waals surface area contributed by atoms with Gasteiger partial charge in [0.2, 0.25) is 0 Å². The number of halogens is 2. The normalized spacial score (nSPS) is 11.3. The number of carbonyl (C=O) groups excluding carboxylic acids is 1. The fraction of sp³-hybridized carbons (Fsp3) is 0.409. The third-order valence-corrected chi connectivity index (χ3v) is 5.79. The smallest absolute Gasteiger partial charge is 0.171 e. The number of unbranched alkanes of at least 4 members (excludes halogenated alkanes) is 1. The van der Waals surface area contributed by atoms with Gasteiger partial charge in [0.25, 0.3) is 0 Å². The Hall–Kier alpha value is -1.76. The first-order valence-electron chi connectivity index (χ1n) is 9.70. The van der Waals surface area contributed by atoms with Gasteiger partial charge < -0.3 is 9.47 Å². The molecule has 5 nitrogen and oxygen atoms in total. The molecule has 0 aliphatic rings. The molecule has 2 aromatic rings. The molecule has 0 N–H and O–H groups in total. The average molecular weight is 473 g/mol. The Labute approximate surface area is 188 Å². The van der Waals surface area contributed by atoms with Crippen LogP contribution in [0.15, 0.2) is 36.4 Å². The zero-order valence-electron chi connectivity index (χ0n) is 17.1. The van der Waals surface area contributed by atoms with Gasteiger partial charge in [-0.1, -0.05) is 48.7 Å². The molecule has 0 fully saturated rings. The molecule has 0 spiro atoms. The highest BCUT2D eigenvalue weighted by Crippen LogP contribution is 2.35. The second kappa shape index (κ2) is 11.6. The highest BCUT2D eigenvalue weighted by atomic mass is 35.5. The van der Waals surface area contributed by atoms with E-state index in [9.17, 15) is 13.2 Å². The van der Waals surface area contributed by atoms with Crippen molar-refractivity contribution in [1.82, 2.24) is 0 Å². The molecular weight excluding hydrogens is 447 g/mol. The lowest BCUT2D eigenvalue weighted by atomic mass is 10.0. The van der Waals surface area contributed by atoms with E-state index in [1.165, 1.54) is 0 Å². The zero-order chi connectivity index (χ0) is 22.1. The third kappa shape index (κ3) is 8.54. The van der Waals surface area contributed by atoms with Gasteiger partial charge in [0.1, 0.15) is 22.2 Å². The molecule has 0 bridgehead atoms. The van der Waals surface area contributed by atoms with Gasteiger partial charge in [-0.15, -0.1) is 0 Å². The summed E-state index contributed by atoms with van der Waals surface area (Å²) in [6, 6.07) is 11.0. The molecule has 0 heterocycles. The lowest BCUT2D eigenvalue weighted by Gasteiger charge is -2.12. The summed E-state index contributed by atoms with van der Waals surface area (Å²) in [7, 11) is -3.16. The SMILES string of the molecule is CCCCOc1c(Cl)cc(Cc2ccc(OCC(=O)CCS(C)(=O)=O)cc2)cc1Cl. The largest absolute Gasteiger partial charge is 0.490 e. The summed E-state index contributed by atoms with van der Waals surface area (Å²) in [5, 5.41) is 0.974. The summed E-state index contributed by atoms with van der Waals surface area (Å²) in [5.41, 5.74) is 1.98. The summed E-state index contributed by atoms with van der Waals surface area (Å²) >= 11 is 12.7. The molecule has 164 valence electrons. The fourth-order valence-electron chi connectivity index (χ4n) is 2.65. The number of hydrogen-bond donors (Lipinski definition) is 0. The number of rotatable bonds is 12. The minimum Gasteiger partial charge on any atom is -0.490 e. The summed E-state index contributed by atoms with van der Waals surface area (Å²) in [5.74, 6) is 0.638. The van der Waals surface area contributed by atoms with Crippen LogP contribution in [0.5, 0.6) is 11.5 Å². The molecule has 8 heteroatoms. The van der Waals surface area contributed by atoms with E-state index in [1.807, 2.05) is 24.3 Å². The van der Waals surface area contributed by atoms with Crippen molar-refractivity contribution < 1.29 is 22.7 Å². The number of carbonyl (C=O) groups is 1. The second-order valence-electron chi connectivity index (χ2n) is 7.12. The minimum atomic E-state index is -3.16. The van der Waals surface area contributed by atoms with E-state index in [2.05, 4.69) is 6.92 Å². The van der Waals surface area contributed by atoms with E-state index >= 15 is 0 Å². The van der Waals surface area contributed by atoms with Gasteiger partial charge in [-0.2, -0.15) is 0 Å². The standard InChI is InChI=1S/C22H26Cl2O5S/c1-3-4-10-28-22-20(23)13-17(14-21(22)24)12-16-5-7-19(8-6-16)29-15-18(25)9-11-30(2,26)27/h5-8,13-14H,3-4,9-12,15H2,1-2H3. The lowest BCUT2D eigenvalue weighted by molar-refractivity contribution is -0.120. The Morgan fingerprint density at radius 1 is 1.00 bits per heavy atom. The number of ketones is 1. The summed E-state index contributed by atoms with van der Waals surface area (Å²) < 4.78 is 33.3. The maximum Gasteiger partial charge on any atom is 0.171 e. The van der Waals surface area contributed by atoms with Crippen molar-refractivity contribution in [1.29, 1.82) is 0 Å². The van der Waals surface area contributed by atoms with E-state index in [-0.39, 0.29) is 24.6 Å². The van der Waals surface area contributed by atoms with Crippen LogP contribution in [0.3, 0.4) is 0 Å². The van der Waals surface area contributed by atoms with Crippen molar-refractivity contribution in [2.75, 3.05) is 25.2 Å². The Balaban J connectivity index is 1.92. The number of ether oxygens (including phenoxy) is 2. The fourth-order valence-corrected chi connectivity index (χ4v) is 3.89. The van der Waals surface area contributed by atoms with Crippen molar-refractivity contribution in [3.63, 3.8) is 0 Å². The van der Waals surface area contributed by atoms with Crippen LogP contribution >= 0.6 is 23.2 Å². The molecule has 0 saturated carbocycles. The monoisotopic (exact) mass is 472 g/mol. The zero-order valence-corrected chi connectivity index (χ0v) is 19.4. The molecular formula is C22H26Cl2O5S. The van der Waals surface area contributed by atoms with Gasteiger partial charge in [-0.3, -0.25) is 4.79 Å². The first-order chi connectivity index (χ1) is 14.2. The van der Waals surface area contributed by atoms with Crippen molar-refractivity contribution in [3.8, 4) is 11.5 Å². The number of hydrogen-bond acceptors (Lipinski definition) is 5. The van der Waals surface area contributed by atoms with Gasteiger partial charge >= 0.3 is 0 Å². The molecule has 0 amide bonds. The second-order valence-corrected chi connectivity index (χ2v) is 10.2. The van der Waals surface area contributed by atoms with Crippen LogP contribution in [0.1, 0.15) is 37.3 Å². The van der Waals surface area contributed by atoms with E-state index in [0.29, 0.717) is 34.6 Å². The molecule has 30 heavy (non-hydrogen) atoms.